The van der Waals surface area contributed by atoms with Gasteiger partial charge < -0.3 is 118 Å². The van der Waals surface area contributed by atoms with Crippen molar-refractivity contribution in [3.05, 3.63) is 179 Å². The molecule has 11 N–H and O–H groups in total. The van der Waals surface area contributed by atoms with Gasteiger partial charge in [-0.1, -0.05) is 166 Å². The molecule has 4 aliphatic rings. The molecule has 0 saturated carbocycles. The van der Waals surface area contributed by atoms with Crippen LogP contribution in [0.4, 0.5) is 0 Å². The molecular formula is C71H98O24. The average molecular weight is 1340 g/mol. The van der Waals surface area contributed by atoms with Crippen LogP contribution in [0.25, 0.3) is 0 Å². The van der Waals surface area contributed by atoms with Gasteiger partial charge in [-0.2, -0.15) is 0 Å². The summed E-state index contributed by atoms with van der Waals surface area (Å²) in [6, 6.07) is 50.0. The van der Waals surface area contributed by atoms with E-state index in [-0.39, 0.29) is 32.3 Å². The van der Waals surface area contributed by atoms with Crippen molar-refractivity contribution < 1.29 is 118 Å². The van der Waals surface area contributed by atoms with Crippen LogP contribution in [0, 0.1) is 5.92 Å². The fourth-order valence-electron chi connectivity index (χ4n) is 11.2. The summed E-state index contributed by atoms with van der Waals surface area (Å²) in [6.45, 7) is 9.62. The van der Waals surface area contributed by atoms with E-state index in [1.807, 2.05) is 166 Å². The molecular weight excluding hydrogens is 1240 g/mol. The lowest BCUT2D eigenvalue weighted by Gasteiger charge is -2.49. The molecule has 5 aromatic carbocycles. The Balaban J connectivity index is 0.000000322. The molecule has 0 aromatic heterocycles. The van der Waals surface area contributed by atoms with Gasteiger partial charge in [-0.25, -0.2) is 0 Å². The van der Waals surface area contributed by atoms with Gasteiger partial charge in [0.25, 0.3) is 0 Å². The summed E-state index contributed by atoms with van der Waals surface area (Å²) < 4.78 is 82.4. The Kier molecular flexibility index (Phi) is 29.4. The zero-order valence-corrected chi connectivity index (χ0v) is 54.6. The molecule has 0 radical (unpaired) electrons. The monoisotopic (exact) mass is 1330 g/mol. The summed E-state index contributed by atoms with van der Waals surface area (Å²) in [7, 11) is 0. The van der Waals surface area contributed by atoms with Gasteiger partial charge in [0.15, 0.2) is 25.2 Å². The molecule has 526 valence electrons. The Morgan fingerprint density at radius 2 is 0.737 bits per heavy atom. The lowest BCUT2D eigenvalue weighted by molar-refractivity contribution is -0.383. The van der Waals surface area contributed by atoms with E-state index >= 15 is 0 Å². The molecule has 10 unspecified atom stereocenters. The first-order valence-corrected chi connectivity index (χ1v) is 32.4. The van der Waals surface area contributed by atoms with Crippen LogP contribution in [0.2, 0.25) is 0 Å². The number of benzene rings is 5. The van der Waals surface area contributed by atoms with Crippen molar-refractivity contribution in [1.82, 2.24) is 0 Å². The lowest BCUT2D eigenvalue weighted by Crippen LogP contribution is -2.64. The van der Waals surface area contributed by atoms with Gasteiger partial charge in [0.2, 0.25) is 0 Å². The van der Waals surface area contributed by atoms with Crippen molar-refractivity contribution in [2.45, 2.75) is 221 Å². The second kappa shape index (κ2) is 36.8. The van der Waals surface area contributed by atoms with Gasteiger partial charge >= 0.3 is 0 Å². The van der Waals surface area contributed by atoms with Gasteiger partial charge in [0.1, 0.15) is 91.6 Å². The predicted molar refractivity (Wildman–Crippen MR) is 341 cm³/mol. The van der Waals surface area contributed by atoms with E-state index in [1.54, 1.807) is 13.8 Å². The SMILES string of the molecule is CC(C)(O)[C@@H](O)CO[C@@H]1C(CO)O[C@H](O[C@H]2OC(CO)[C@@H](O)C(O)C2O)C(O)[C@H]1O.CCC1O[C@H](O[C@H]2OC(COCc3ccccc3)[C@@H](OCc3ccccc3)C(OCc3ccccc3)C2C)C(OCc2ccccc2)[C@@H](OCc2ccccc2)[C@@H]1OC[C@H](O)C(C)(C)O. The van der Waals surface area contributed by atoms with Crippen molar-refractivity contribution in [3.63, 3.8) is 0 Å². The Labute approximate surface area is 555 Å². The summed E-state index contributed by atoms with van der Waals surface area (Å²) in [4.78, 5) is 0. The van der Waals surface area contributed by atoms with Crippen LogP contribution in [0.15, 0.2) is 152 Å². The summed E-state index contributed by atoms with van der Waals surface area (Å²) in [5.74, 6) is -0.372. The highest BCUT2D eigenvalue weighted by Gasteiger charge is 2.54. The fraction of sp³-hybridized carbons (Fsp3) is 0.577. The molecule has 0 aliphatic carbocycles. The molecule has 0 amide bonds. The Morgan fingerprint density at radius 3 is 1.18 bits per heavy atom. The average Bonchev–Trinajstić information content (AvgIpc) is 0.801. The van der Waals surface area contributed by atoms with E-state index in [0.717, 1.165) is 27.8 Å². The molecule has 4 fully saturated rings. The van der Waals surface area contributed by atoms with Gasteiger partial charge in [-0.15, -0.1) is 0 Å². The fourth-order valence-corrected chi connectivity index (χ4v) is 11.2. The predicted octanol–water partition coefficient (Wildman–Crippen LogP) is 3.33. The van der Waals surface area contributed by atoms with E-state index in [2.05, 4.69) is 0 Å². The van der Waals surface area contributed by atoms with Crippen LogP contribution in [0.1, 0.15) is 75.8 Å². The summed E-state index contributed by atoms with van der Waals surface area (Å²) >= 11 is 0. The van der Waals surface area contributed by atoms with Crippen LogP contribution in [0.3, 0.4) is 0 Å². The zero-order valence-electron chi connectivity index (χ0n) is 54.6. The van der Waals surface area contributed by atoms with Gasteiger partial charge in [0, 0.05) is 5.92 Å². The number of rotatable bonds is 31. The first-order chi connectivity index (χ1) is 45.6. The third kappa shape index (κ3) is 21.6. The van der Waals surface area contributed by atoms with E-state index in [4.69, 9.17) is 61.6 Å². The summed E-state index contributed by atoms with van der Waals surface area (Å²) in [5, 5.41) is 110. The molecule has 95 heavy (non-hydrogen) atoms. The lowest BCUT2D eigenvalue weighted by atomic mass is 9.91. The van der Waals surface area contributed by atoms with E-state index in [9.17, 15) is 56.2 Å². The van der Waals surface area contributed by atoms with Crippen LogP contribution >= 0.6 is 0 Å². The van der Waals surface area contributed by atoms with Crippen LogP contribution in [0.5, 0.6) is 0 Å². The maximum Gasteiger partial charge on any atom is 0.189 e. The molecule has 4 heterocycles. The molecule has 0 bridgehead atoms. The van der Waals surface area contributed by atoms with Crippen LogP contribution in [-0.2, 0) is 94.6 Å². The topological polar surface area (TPSA) is 343 Å². The largest absolute Gasteiger partial charge is 0.394 e. The Bertz CT molecular complexity index is 2890. The molecule has 24 nitrogen and oxygen atoms in total. The van der Waals surface area contributed by atoms with Gasteiger partial charge in [0.05, 0.1) is 89.5 Å². The zero-order chi connectivity index (χ0) is 68.2. The molecule has 24 heteroatoms. The van der Waals surface area contributed by atoms with Gasteiger partial charge in [-0.05, 0) is 61.9 Å². The number of hydrogen-bond acceptors (Lipinski definition) is 24. The minimum absolute atomic E-state index is 0.158. The Hall–Kier alpha value is -4.86. The van der Waals surface area contributed by atoms with Crippen molar-refractivity contribution in [2.24, 2.45) is 5.92 Å². The maximum absolute atomic E-state index is 10.9. The van der Waals surface area contributed by atoms with E-state index in [0.29, 0.717) is 26.2 Å². The van der Waals surface area contributed by atoms with E-state index in [1.165, 1.54) is 13.8 Å². The maximum atomic E-state index is 10.9. The number of ether oxygens (including phenoxy) is 13. The molecule has 5 aromatic rings. The normalized spacial score (nSPS) is 32.0. The molecule has 9 rings (SSSR count). The first-order valence-electron chi connectivity index (χ1n) is 32.4. The second-order valence-electron chi connectivity index (χ2n) is 25.5. The minimum Gasteiger partial charge on any atom is -0.394 e. The van der Waals surface area contributed by atoms with Crippen molar-refractivity contribution in [2.75, 3.05) is 33.0 Å². The smallest absolute Gasteiger partial charge is 0.189 e. The first kappa shape index (κ1) is 75.9. The van der Waals surface area contributed by atoms with Crippen molar-refractivity contribution >= 4 is 0 Å². The minimum atomic E-state index is -1.76. The Morgan fingerprint density at radius 1 is 0.379 bits per heavy atom. The highest BCUT2D eigenvalue weighted by molar-refractivity contribution is 5.17. The van der Waals surface area contributed by atoms with Crippen LogP contribution < -0.4 is 0 Å². The third-order valence-corrected chi connectivity index (χ3v) is 17.2. The van der Waals surface area contributed by atoms with Crippen molar-refractivity contribution in [1.29, 1.82) is 0 Å². The van der Waals surface area contributed by atoms with Crippen molar-refractivity contribution in [3.8, 4) is 0 Å². The summed E-state index contributed by atoms with van der Waals surface area (Å²) in [5.41, 5.74) is 2.10. The third-order valence-electron chi connectivity index (χ3n) is 17.2. The van der Waals surface area contributed by atoms with E-state index < -0.39 is 160 Å². The molecule has 0 spiro atoms. The molecule has 4 aliphatic heterocycles. The quantitative estimate of drug-likeness (QED) is 0.0303. The number of aliphatic hydroxyl groups is 11. The molecule has 4 saturated heterocycles. The van der Waals surface area contributed by atoms with Crippen LogP contribution in [-0.4, -0.2) is 229 Å². The molecule has 22 atom stereocenters. The summed E-state index contributed by atoms with van der Waals surface area (Å²) in [6.07, 6.45) is -23.9. The highest BCUT2D eigenvalue weighted by atomic mass is 16.8. The number of hydrogen-bond donors (Lipinski definition) is 11. The highest BCUT2D eigenvalue weighted by Crippen LogP contribution is 2.39. The second-order valence-corrected chi connectivity index (χ2v) is 25.5. The van der Waals surface area contributed by atoms with Gasteiger partial charge in [-0.3, -0.25) is 0 Å². The standard InChI is InChI=1S/C54H66O11.C17H32O13/c1-5-44-48(62-37-46(55)54(3,4)56)50(60-34-42-27-17-9-18-28-42)51(61-35-43-29-19-10-20-30-43)53(63-44)65-52-38(2)47(58-32-40-23-13-7-14-24-40)49(59-33-41-25-15-8-16-26-41)45(64-52)36-57-31-39-21-11-6-12-22-39;1-17(2,26)8(20)5-27-14-7(4-19)29-16(13(25)11(14)23)30-15-12(24)10(22)9(21)6(3-18)28-15/h6-30,38,44-53,55-56H,5,31-37H2,1-4H3;6-16,18-26H,3-5H2,1-2H3/t38?,44?,45?,46-,47?,48+,49+,50-,51?,52+,53+;6?,7?,8-,9+,10?,11+,12?,13?,14+,15+,16+/m00/s1. The number of aliphatic hydroxyl groups excluding tert-OH is 9.